The van der Waals surface area contributed by atoms with Crippen molar-refractivity contribution >= 4 is 29.5 Å². The Morgan fingerprint density at radius 1 is 1.16 bits per heavy atom. The number of hydrogen-bond acceptors (Lipinski definition) is 5. The highest BCUT2D eigenvalue weighted by Crippen LogP contribution is 2.36. The van der Waals surface area contributed by atoms with E-state index in [4.69, 9.17) is 9.31 Å². The van der Waals surface area contributed by atoms with Crippen LogP contribution in [0.15, 0.2) is 23.0 Å². The number of halogens is 1. The van der Waals surface area contributed by atoms with Crippen LogP contribution < -0.4 is 10.9 Å². The molecule has 3 rings (SSSR count). The molecule has 132 valence electrons. The molecule has 0 aliphatic carbocycles. The second-order valence-electron chi connectivity index (χ2n) is 7.04. The number of H-pyrrole nitrogens is 1. The van der Waals surface area contributed by atoms with Crippen molar-refractivity contribution in [1.82, 2.24) is 4.98 Å². The van der Waals surface area contributed by atoms with Gasteiger partial charge in [-0.1, -0.05) is 0 Å². The minimum atomic E-state index is -0.883. The molecule has 1 aliphatic heterocycles. The summed E-state index contributed by atoms with van der Waals surface area (Å²) in [5, 5.41) is 0.109. The van der Waals surface area contributed by atoms with E-state index in [1.807, 2.05) is 27.7 Å². The zero-order valence-electron chi connectivity index (χ0n) is 14.7. The van der Waals surface area contributed by atoms with Gasteiger partial charge in [0.05, 0.1) is 18.3 Å². The average Bonchev–Trinajstić information content (AvgIpc) is 2.74. The molecule has 1 aromatic carbocycles. The highest BCUT2D eigenvalue weighted by atomic mass is 19.1. The van der Waals surface area contributed by atoms with Crippen LogP contribution in [0.4, 0.5) is 4.39 Å². The molecule has 0 atom stereocenters. The van der Waals surface area contributed by atoms with Crippen LogP contribution >= 0.6 is 0 Å². The number of esters is 1. The summed E-state index contributed by atoms with van der Waals surface area (Å²) in [6, 6.07) is 3.44. The first-order valence-electron chi connectivity index (χ1n) is 7.86. The predicted molar refractivity (Wildman–Crippen MR) is 91.6 cm³/mol. The van der Waals surface area contributed by atoms with Crippen LogP contribution in [-0.4, -0.2) is 36.4 Å². The number of benzene rings is 1. The molecule has 1 fully saturated rings. The lowest BCUT2D eigenvalue weighted by Gasteiger charge is -2.32. The van der Waals surface area contributed by atoms with Gasteiger partial charge in [-0.3, -0.25) is 4.79 Å². The number of carbonyl (C=O) groups excluding carboxylic acids is 1. The maximum absolute atomic E-state index is 14.1. The molecule has 1 saturated heterocycles. The molecule has 0 amide bonds. The van der Waals surface area contributed by atoms with E-state index in [1.54, 1.807) is 0 Å². The van der Waals surface area contributed by atoms with Gasteiger partial charge in [0.25, 0.3) is 0 Å². The molecule has 0 spiro atoms. The highest BCUT2D eigenvalue weighted by Gasteiger charge is 2.52. The highest BCUT2D eigenvalue weighted by molar-refractivity contribution is 6.65. The fraction of sp³-hybridized carbons (Fsp3) is 0.412. The Bertz CT molecular complexity index is 905. The maximum atomic E-state index is 14.1. The Morgan fingerprint density at radius 2 is 1.76 bits per heavy atom. The Balaban J connectivity index is 2.23. The SMILES string of the molecule is COC(=O)c1cc(=O)c2cc(F)cc(B3OC(C)(C)C(C)(C)O3)c2[nH]1. The van der Waals surface area contributed by atoms with Crippen LogP contribution in [0.5, 0.6) is 0 Å². The van der Waals surface area contributed by atoms with Crippen molar-refractivity contribution in [2.45, 2.75) is 38.9 Å². The van der Waals surface area contributed by atoms with Gasteiger partial charge in [-0.2, -0.15) is 0 Å². The van der Waals surface area contributed by atoms with Gasteiger partial charge in [0.15, 0.2) is 5.43 Å². The van der Waals surface area contributed by atoms with Gasteiger partial charge in [0.1, 0.15) is 11.5 Å². The number of pyridine rings is 1. The van der Waals surface area contributed by atoms with E-state index in [0.29, 0.717) is 5.46 Å². The minimum Gasteiger partial charge on any atom is -0.464 e. The number of ether oxygens (including phenoxy) is 1. The lowest BCUT2D eigenvalue weighted by Crippen LogP contribution is -2.41. The van der Waals surface area contributed by atoms with Crippen molar-refractivity contribution in [3.05, 3.63) is 39.9 Å². The third-order valence-electron chi connectivity index (χ3n) is 4.85. The fourth-order valence-corrected chi connectivity index (χ4v) is 2.72. The summed E-state index contributed by atoms with van der Waals surface area (Å²) >= 11 is 0. The fourth-order valence-electron chi connectivity index (χ4n) is 2.72. The first-order valence-corrected chi connectivity index (χ1v) is 7.86. The molecule has 1 aromatic heterocycles. The number of methoxy groups -OCH3 is 1. The van der Waals surface area contributed by atoms with E-state index >= 15 is 0 Å². The molecule has 1 N–H and O–H groups in total. The van der Waals surface area contributed by atoms with E-state index in [2.05, 4.69) is 9.72 Å². The predicted octanol–water partition coefficient (Wildman–Crippen LogP) is 1.75. The van der Waals surface area contributed by atoms with Crippen LogP contribution in [0.2, 0.25) is 0 Å². The Hall–Kier alpha value is -2.19. The van der Waals surface area contributed by atoms with Crippen molar-refractivity contribution in [2.24, 2.45) is 0 Å². The molecule has 1 aliphatic rings. The van der Waals surface area contributed by atoms with Gasteiger partial charge in [-0.05, 0) is 39.8 Å². The van der Waals surface area contributed by atoms with E-state index in [9.17, 15) is 14.0 Å². The lowest BCUT2D eigenvalue weighted by atomic mass is 9.77. The molecular formula is C17H19BFNO5. The lowest BCUT2D eigenvalue weighted by molar-refractivity contribution is 0.00578. The van der Waals surface area contributed by atoms with Crippen molar-refractivity contribution in [3.8, 4) is 0 Å². The molecule has 2 aromatic rings. The average molecular weight is 347 g/mol. The van der Waals surface area contributed by atoms with Crippen molar-refractivity contribution in [3.63, 3.8) is 0 Å². The topological polar surface area (TPSA) is 77.6 Å². The molecule has 0 unspecified atom stereocenters. The monoisotopic (exact) mass is 347 g/mol. The molecule has 0 bridgehead atoms. The van der Waals surface area contributed by atoms with Crippen LogP contribution in [0, 0.1) is 5.82 Å². The number of nitrogens with one attached hydrogen (secondary N) is 1. The second-order valence-corrected chi connectivity index (χ2v) is 7.04. The Morgan fingerprint density at radius 3 is 2.32 bits per heavy atom. The first kappa shape index (κ1) is 17.6. The van der Waals surface area contributed by atoms with E-state index < -0.39 is 35.5 Å². The summed E-state index contributed by atoms with van der Waals surface area (Å²) in [4.78, 5) is 26.9. The van der Waals surface area contributed by atoms with Gasteiger partial charge in [-0.25, -0.2) is 9.18 Å². The number of rotatable bonds is 2. The summed E-state index contributed by atoms with van der Waals surface area (Å²) in [5.41, 5.74) is -1.17. The number of aromatic nitrogens is 1. The second kappa shape index (κ2) is 5.67. The molecule has 0 radical (unpaired) electrons. The van der Waals surface area contributed by atoms with Crippen molar-refractivity contribution in [1.29, 1.82) is 0 Å². The van der Waals surface area contributed by atoms with Gasteiger partial charge < -0.3 is 19.0 Å². The summed E-state index contributed by atoms with van der Waals surface area (Å²) in [5.74, 6) is -1.28. The number of fused-ring (bicyclic) bond motifs is 1. The molecule has 2 heterocycles. The van der Waals surface area contributed by atoms with E-state index in [1.165, 1.54) is 13.2 Å². The van der Waals surface area contributed by atoms with Crippen LogP contribution in [0.3, 0.4) is 0 Å². The van der Waals surface area contributed by atoms with Crippen LogP contribution in [-0.2, 0) is 14.0 Å². The van der Waals surface area contributed by atoms with E-state index in [-0.39, 0.29) is 16.6 Å². The van der Waals surface area contributed by atoms with Gasteiger partial charge in [0.2, 0.25) is 0 Å². The number of carbonyl (C=O) groups is 1. The normalized spacial score (nSPS) is 18.6. The Labute approximate surface area is 144 Å². The Kier molecular flexibility index (Phi) is 4.00. The molecule has 6 nitrogen and oxygen atoms in total. The third kappa shape index (κ3) is 2.85. The standard InChI is InChI=1S/C17H19BFNO5/c1-16(2)17(3,4)25-18(24-16)11-7-9(19)6-10-13(21)8-12(15(22)23-5)20-14(10)11/h6-8H,1-5H3,(H,20,21). The summed E-state index contributed by atoms with van der Waals surface area (Å²) in [6.45, 7) is 7.49. The van der Waals surface area contributed by atoms with E-state index in [0.717, 1.165) is 12.1 Å². The van der Waals surface area contributed by atoms with Crippen LogP contribution in [0.25, 0.3) is 10.9 Å². The zero-order chi connectivity index (χ0) is 18.6. The molecule has 8 heteroatoms. The van der Waals surface area contributed by atoms with Crippen LogP contribution in [0.1, 0.15) is 38.2 Å². The minimum absolute atomic E-state index is 0.0237. The molecule has 25 heavy (non-hydrogen) atoms. The number of hydrogen-bond donors (Lipinski definition) is 1. The molecular weight excluding hydrogens is 328 g/mol. The largest absolute Gasteiger partial charge is 0.497 e. The van der Waals surface area contributed by atoms with Gasteiger partial charge in [-0.15, -0.1) is 0 Å². The molecule has 0 saturated carbocycles. The van der Waals surface area contributed by atoms with Crippen molar-refractivity contribution < 1.29 is 23.2 Å². The summed E-state index contributed by atoms with van der Waals surface area (Å²) < 4.78 is 30.6. The third-order valence-corrected chi connectivity index (χ3v) is 4.85. The summed E-state index contributed by atoms with van der Waals surface area (Å²) in [6.07, 6.45) is 0. The van der Waals surface area contributed by atoms with Gasteiger partial charge >= 0.3 is 13.1 Å². The van der Waals surface area contributed by atoms with Gasteiger partial charge in [0, 0.05) is 22.4 Å². The zero-order valence-corrected chi connectivity index (χ0v) is 14.7. The smallest absolute Gasteiger partial charge is 0.464 e. The quantitative estimate of drug-likeness (QED) is 0.662. The summed E-state index contributed by atoms with van der Waals surface area (Å²) in [7, 11) is 0.330. The first-order chi connectivity index (χ1) is 11.6. The number of aromatic amines is 1. The maximum Gasteiger partial charge on any atom is 0.497 e. The van der Waals surface area contributed by atoms with Crippen molar-refractivity contribution in [2.75, 3.05) is 7.11 Å².